The van der Waals surface area contributed by atoms with Crippen molar-refractivity contribution in [2.24, 2.45) is 4.99 Å². The Morgan fingerprint density at radius 3 is 2.83 bits per heavy atom. The van der Waals surface area contributed by atoms with E-state index < -0.39 is 0 Å². The molecule has 1 rings (SSSR count). The van der Waals surface area contributed by atoms with E-state index in [1.165, 1.54) is 0 Å². The van der Waals surface area contributed by atoms with E-state index in [0.717, 1.165) is 19.6 Å². The molecule has 0 fully saturated rings. The fraction of sp³-hybridized carbons (Fsp3) is 0.625. The van der Waals surface area contributed by atoms with Crippen molar-refractivity contribution in [2.75, 3.05) is 19.6 Å². The Morgan fingerprint density at radius 2 is 2.50 bits per heavy atom. The van der Waals surface area contributed by atoms with Gasteiger partial charge in [0, 0.05) is 6.92 Å². The van der Waals surface area contributed by atoms with Crippen LogP contribution in [0.5, 0.6) is 0 Å². The third kappa shape index (κ3) is 2.41. The standard InChI is InChI=1S/C8H15N2O.Na.H/c1-3-5-10(8(2)11)6-4-9-7-10;;/h3,7-8,11H,1,4-6H2,2H3;;/q+1;;. The molecule has 1 aliphatic heterocycles. The zero-order valence-electron chi connectivity index (χ0n) is 6.90. The molecule has 1 heterocycles. The van der Waals surface area contributed by atoms with Crippen molar-refractivity contribution in [2.45, 2.75) is 13.2 Å². The van der Waals surface area contributed by atoms with Crippen LogP contribution < -0.4 is 0 Å². The number of aliphatic hydroxyl groups is 1. The van der Waals surface area contributed by atoms with E-state index in [0.29, 0.717) is 4.48 Å². The van der Waals surface area contributed by atoms with E-state index in [9.17, 15) is 5.11 Å². The van der Waals surface area contributed by atoms with E-state index in [2.05, 4.69) is 11.6 Å². The predicted molar refractivity (Wildman–Crippen MR) is 52.4 cm³/mol. The van der Waals surface area contributed by atoms with E-state index in [4.69, 9.17) is 0 Å². The van der Waals surface area contributed by atoms with Gasteiger partial charge in [-0.05, 0) is 6.08 Å². The number of aliphatic hydroxyl groups excluding tert-OH is 1. The van der Waals surface area contributed by atoms with E-state index in [1.807, 2.05) is 12.4 Å². The van der Waals surface area contributed by atoms with Crippen LogP contribution in [0.25, 0.3) is 0 Å². The fourth-order valence-electron chi connectivity index (χ4n) is 1.34. The Hall–Kier alpha value is 0.330. The van der Waals surface area contributed by atoms with Crippen molar-refractivity contribution >= 4 is 35.9 Å². The molecule has 12 heavy (non-hydrogen) atoms. The van der Waals surface area contributed by atoms with Gasteiger partial charge in [0.15, 0.2) is 12.6 Å². The molecule has 64 valence electrons. The molecule has 0 aromatic carbocycles. The zero-order valence-corrected chi connectivity index (χ0v) is 6.90. The van der Waals surface area contributed by atoms with Gasteiger partial charge in [-0.15, -0.1) is 0 Å². The second-order valence-electron chi connectivity index (χ2n) is 2.95. The first-order valence-electron chi connectivity index (χ1n) is 3.88. The number of hydrogen-bond donors (Lipinski definition) is 1. The van der Waals surface area contributed by atoms with Gasteiger partial charge >= 0.3 is 29.6 Å². The summed E-state index contributed by atoms with van der Waals surface area (Å²) in [6, 6.07) is 0. The second kappa shape index (κ2) is 5.14. The van der Waals surface area contributed by atoms with Crippen molar-refractivity contribution < 1.29 is 9.59 Å². The normalized spacial score (nSPS) is 29.5. The van der Waals surface area contributed by atoms with Crippen LogP contribution in [0, 0.1) is 0 Å². The molecule has 3 nitrogen and oxygen atoms in total. The molecule has 1 N–H and O–H groups in total. The molecule has 2 atom stereocenters. The fourth-order valence-corrected chi connectivity index (χ4v) is 1.34. The average Bonchev–Trinajstić information content (AvgIpc) is 2.38. The molecule has 0 bridgehead atoms. The summed E-state index contributed by atoms with van der Waals surface area (Å²) < 4.78 is 0.545. The van der Waals surface area contributed by atoms with Gasteiger partial charge in [0.1, 0.15) is 13.1 Å². The molecule has 4 heteroatoms. The molecule has 0 aromatic rings. The van der Waals surface area contributed by atoms with Crippen LogP contribution in [0.2, 0.25) is 0 Å². The molecule has 0 saturated heterocycles. The first-order chi connectivity index (χ1) is 5.21. The Balaban J connectivity index is 0.00000121. The molecule has 2 unspecified atom stereocenters. The maximum atomic E-state index is 9.47. The average molecular weight is 179 g/mol. The van der Waals surface area contributed by atoms with E-state index in [-0.39, 0.29) is 35.8 Å². The van der Waals surface area contributed by atoms with Crippen molar-refractivity contribution in [1.29, 1.82) is 0 Å². The van der Waals surface area contributed by atoms with Crippen LogP contribution in [0.15, 0.2) is 17.6 Å². The first-order valence-corrected chi connectivity index (χ1v) is 3.88. The molecular formula is C8H16N2NaO+. The minimum atomic E-state index is -0.376. The van der Waals surface area contributed by atoms with Crippen molar-refractivity contribution in [3.8, 4) is 0 Å². The Kier molecular flexibility index (Phi) is 5.29. The third-order valence-corrected chi connectivity index (χ3v) is 2.17. The predicted octanol–water partition coefficient (Wildman–Crippen LogP) is -0.279. The molecule has 0 saturated carbocycles. The topological polar surface area (TPSA) is 32.6 Å². The number of nitrogens with zero attached hydrogens (tertiary/aromatic N) is 2. The first kappa shape index (κ1) is 12.3. The summed E-state index contributed by atoms with van der Waals surface area (Å²) in [5.74, 6) is 0. The van der Waals surface area contributed by atoms with Gasteiger partial charge in [0.2, 0.25) is 0 Å². The van der Waals surface area contributed by atoms with Gasteiger partial charge in [-0.1, -0.05) is 6.58 Å². The molecule has 0 aromatic heterocycles. The Morgan fingerprint density at radius 1 is 1.83 bits per heavy atom. The summed E-state index contributed by atoms with van der Waals surface area (Å²) in [6.45, 7) is 7.93. The van der Waals surface area contributed by atoms with Gasteiger partial charge in [0.05, 0.1) is 6.54 Å². The molecular weight excluding hydrogens is 163 g/mol. The van der Waals surface area contributed by atoms with Crippen molar-refractivity contribution in [3.63, 3.8) is 0 Å². The maximum absolute atomic E-state index is 9.47. The van der Waals surface area contributed by atoms with Crippen LogP contribution in [0.4, 0.5) is 0 Å². The van der Waals surface area contributed by atoms with Gasteiger partial charge in [-0.2, -0.15) is 0 Å². The number of rotatable bonds is 3. The van der Waals surface area contributed by atoms with Gasteiger partial charge < -0.3 is 5.11 Å². The van der Waals surface area contributed by atoms with Gasteiger partial charge in [0.25, 0.3) is 0 Å². The number of aliphatic imine (C=N–C) groups is 1. The quantitative estimate of drug-likeness (QED) is 0.361. The molecule has 0 radical (unpaired) electrons. The summed E-state index contributed by atoms with van der Waals surface area (Å²) in [7, 11) is 0. The molecule has 0 aliphatic carbocycles. The summed E-state index contributed by atoms with van der Waals surface area (Å²) >= 11 is 0. The summed E-state index contributed by atoms with van der Waals surface area (Å²) in [4.78, 5) is 4.12. The molecule has 0 amide bonds. The summed E-state index contributed by atoms with van der Waals surface area (Å²) in [6.07, 6.45) is 3.27. The van der Waals surface area contributed by atoms with Gasteiger partial charge in [-0.3, -0.25) is 4.48 Å². The minimum absolute atomic E-state index is 0. The number of hydrogen-bond acceptors (Lipinski definition) is 2. The zero-order chi connectivity index (χ0) is 8.32. The Bertz CT molecular complexity index is 182. The molecule has 1 aliphatic rings. The van der Waals surface area contributed by atoms with Crippen LogP contribution in [-0.2, 0) is 0 Å². The van der Waals surface area contributed by atoms with Crippen LogP contribution in [0.1, 0.15) is 6.92 Å². The van der Waals surface area contributed by atoms with E-state index >= 15 is 0 Å². The SMILES string of the molecule is C=CC[N+]1(C(C)O)C=NCC1.[NaH]. The number of quaternary nitrogens is 1. The molecule has 0 spiro atoms. The summed E-state index contributed by atoms with van der Waals surface area (Å²) in [5.41, 5.74) is 0. The Labute approximate surface area is 95.7 Å². The van der Waals surface area contributed by atoms with Crippen LogP contribution >= 0.6 is 0 Å². The third-order valence-electron chi connectivity index (χ3n) is 2.17. The van der Waals surface area contributed by atoms with Crippen LogP contribution in [-0.4, -0.2) is 71.3 Å². The van der Waals surface area contributed by atoms with E-state index in [1.54, 1.807) is 6.92 Å². The van der Waals surface area contributed by atoms with Crippen molar-refractivity contribution in [3.05, 3.63) is 12.7 Å². The second-order valence-corrected chi connectivity index (χ2v) is 2.95. The van der Waals surface area contributed by atoms with Crippen molar-refractivity contribution in [1.82, 2.24) is 0 Å². The van der Waals surface area contributed by atoms with Crippen LogP contribution in [0.3, 0.4) is 0 Å². The van der Waals surface area contributed by atoms with Gasteiger partial charge in [-0.25, -0.2) is 4.99 Å². The monoisotopic (exact) mass is 179 g/mol. The summed E-state index contributed by atoms with van der Waals surface area (Å²) in [5, 5.41) is 9.47.